The third-order valence-electron chi connectivity index (χ3n) is 3.51. The largest absolute Gasteiger partial charge is 0.353 e. The fourth-order valence-corrected chi connectivity index (χ4v) is 2.39. The van der Waals surface area contributed by atoms with Crippen LogP contribution in [-0.4, -0.2) is 43.7 Å². The predicted molar refractivity (Wildman–Crippen MR) is 79.6 cm³/mol. The highest BCUT2D eigenvalue weighted by atomic mass is 16.2. The lowest BCUT2D eigenvalue weighted by Crippen LogP contribution is -2.47. The van der Waals surface area contributed by atoms with Crippen molar-refractivity contribution in [2.45, 2.75) is 58.0 Å². The van der Waals surface area contributed by atoms with E-state index in [0.29, 0.717) is 6.54 Å². The molecule has 1 rings (SSSR count). The van der Waals surface area contributed by atoms with Crippen LogP contribution in [-0.2, 0) is 4.79 Å². The van der Waals surface area contributed by atoms with Gasteiger partial charge in [0.2, 0.25) is 5.91 Å². The summed E-state index contributed by atoms with van der Waals surface area (Å²) in [6, 6.07) is 0.257. The van der Waals surface area contributed by atoms with Crippen molar-refractivity contribution in [2.75, 3.05) is 19.6 Å². The van der Waals surface area contributed by atoms with Crippen LogP contribution < -0.4 is 21.3 Å². The summed E-state index contributed by atoms with van der Waals surface area (Å²) in [4.78, 5) is 23.2. The molecule has 0 bridgehead atoms. The molecule has 0 aromatic carbocycles. The van der Waals surface area contributed by atoms with E-state index in [2.05, 4.69) is 21.3 Å². The maximum absolute atomic E-state index is 11.6. The number of rotatable bonds is 7. The van der Waals surface area contributed by atoms with Crippen LogP contribution in [0.4, 0.5) is 4.79 Å². The van der Waals surface area contributed by atoms with Crippen LogP contribution >= 0.6 is 0 Å². The highest BCUT2D eigenvalue weighted by molar-refractivity contribution is 5.83. The summed E-state index contributed by atoms with van der Waals surface area (Å²) in [5.74, 6) is -0.159. The molecule has 1 aliphatic rings. The molecule has 6 heteroatoms. The van der Waals surface area contributed by atoms with Gasteiger partial charge in [-0.25, -0.2) is 4.79 Å². The van der Waals surface area contributed by atoms with E-state index in [0.717, 1.165) is 19.4 Å². The first-order valence-corrected chi connectivity index (χ1v) is 7.66. The minimum atomic E-state index is -0.244. The maximum Gasteiger partial charge on any atom is 0.315 e. The molecule has 0 saturated heterocycles. The van der Waals surface area contributed by atoms with Crippen LogP contribution in [0.15, 0.2) is 0 Å². The molecule has 6 nitrogen and oxygen atoms in total. The average molecular weight is 284 g/mol. The molecule has 0 heterocycles. The lowest BCUT2D eigenvalue weighted by atomic mass is 9.96. The Balaban J connectivity index is 2.08. The molecule has 0 aliphatic heterocycles. The van der Waals surface area contributed by atoms with Gasteiger partial charge in [0.05, 0.1) is 6.54 Å². The van der Waals surface area contributed by atoms with Gasteiger partial charge in [0, 0.05) is 18.6 Å². The third kappa shape index (κ3) is 7.33. The van der Waals surface area contributed by atoms with Gasteiger partial charge in [-0.2, -0.15) is 0 Å². The Morgan fingerprint density at radius 2 is 1.85 bits per heavy atom. The second kappa shape index (κ2) is 9.58. The molecule has 4 N–H and O–H groups in total. The van der Waals surface area contributed by atoms with Crippen molar-refractivity contribution in [3.8, 4) is 0 Å². The van der Waals surface area contributed by atoms with Crippen molar-refractivity contribution in [3.05, 3.63) is 0 Å². The number of carbonyl (C=O) groups is 2. The zero-order valence-corrected chi connectivity index (χ0v) is 12.6. The molecule has 0 spiro atoms. The number of likely N-dealkylation sites (N-methyl/N-ethyl adjacent to an activating group) is 1. The second-order valence-electron chi connectivity index (χ2n) is 5.42. The summed E-state index contributed by atoms with van der Waals surface area (Å²) >= 11 is 0. The average Bonchev–Trinajstić information content (AvgIpc) is 2.44. The highest BCUT2D eigenvalue weighted by Gasteiger charge is 2.15. The molecular formula is C14H28N4O2. The summed E-state index contributed by atoms with van der Waals surface area (Å²) < 4.78 is 0. The topological polar surface area (TPSA) is 82.3 Å². The zero-order chi connectivity index (χ0) is 14.8. The summed E-state index contributed by atoms with van der Waals surface area (Å²) in [7, 11) is 0. The van der Waals surface area contributed by atoms with Crippen molar-refractivity contribution < 1.29 is 9.59 Å². The van der Waals surface area contributed by atoms with Crippen LogP contribution in [0.1, 0.15) is 46.0 Å². The van der Waals surface area contributed by atoms with Gasteiger partial charge in [-0.1, -0.05) is 26.2 Å². The van der Waals surface area contributed by atoms with Gasteiger partial charge in [-0.15, -0.1) is 0 Å². The number of hydrogen-bond donors (Lipinski definition) is 4. The quantitative estimate of drug-likeness (QED) is 0.556. The Hall–Kier alpha value is -1.30. The Labute approximate surface area is 121 Å². The molecule has 20 heavy (non-hydrogen) atoms. The fraction of sp³-hybridized carbons (Fsp3) is 0.857. The summed E-state index contributed by atoms with van der Waals surface area (Å²) in [5, 5.41) is 11.5. The maximum atomic E-state index is 11.6. The van der Waals surface area contributed by atoms with E-state index in [1.807, 2.05) is 13.8 Å². The smallest absolute Gasteiger partial charge is 0.315 e. The van der Waals surface area contributed by atoms with E-state index in [1.54, 1.807) is 0 Å². The van der Waals surface area contributed by atoms with E-state index < -0.39 is 0 Å². The van der Waals surface area contributed by atoms with Crippen molar-refractivity contribution in [3.63, 3.8) is 0 Å². The number of urea groups is 1. The monoisotopic (exact) mass is 284 g/mol. The van der Waals surface area contributed by atoms with E-state index in [4.69, 9.17) is 0 Å². The van der Waals surface area contributed by atoms with Gasteiger partial charge >= 0.3 is 6.03 Å². The van der Waals surface area contributed by atoms with E-state index in [-0.39, 0.29) is 30.6 Å². The summed E-state index contributed by atoms with van der Waals surface area (Å²) in [6.07, 6.45) is 5.69. The first-order chi connectivity index (χ1) is 9.61. The van der Waals surface area contributed by atoms with Crippen LogP contribution in [0.25, 0.3) is 0 Å². The van der Waals surface area contributed by atoms with E-state index in [9.17, 15) is 9.59 Å². The molecule has 1 saturated carbocycles. The van der Waals surface area contributed by atoms with E-state index in [1.165, 1.54) is 19.3 Å². The standard InChI is InChI=1S/C14H28N4O2/c1-3-15-11(2)9-16-13(19)10-17-14(20)18-12-7-5-4-6-8-12/h11-12,15H,3-10H2,1-2H3,(H,16,19)(H2,17,18,20)/t11-/m1/s1. The first-order valence-electron chi connectivity index (χ1n) is 7.66. The highest BCUT2D eigenvalue weighted by Crippen LogP contribution is 2.16. The molecular weight excluding hydrogens is 256 g/mol. The number of hydrogen-bond acceptors (Lipinski definition) is 3. The Morgan fingerprint density at radius 3 is 2.50 bits per heavy atom. The van der Waals surface area contributed by atoms with Crippen LogP contribution in [0.5, 0.6) is 0 Å². The van der Waals surface area contributed by atoms with Crippen molar-refractivity contribution >= 4 is 11.9 Å². The molecule has 0 unspecified atom stereocenters. The lowest BCUT2D eigenvalue weighted by Gasteiger charge is -2.22. The molecule has 1 aliphatic carbocycles. The van der Waals surface area contributed by atoms with Crippen molar-refractivity contribution in [1.29, 1.82) is 0 Å². The lowest BCUT2D eigenvalue weighted by molar-refractivity contribution is -0.120. The summed E-state index contributed by atoms with van der Waals surface area (Å²) in [5.41, 5.74) is 0. The number of carbonyl (C=O) groups excluding carboxylic acids is 2. The molecule has 0 aromatic heterocycles. The molecule has 3 amide bonds. The second-order valence-corrected chi connectivity index (χ2v) is 5.42. The molecule has 1 fully saturated rings. The van der Waals surface area contributed by atoms with Crippen LogP contribution in [0, 0.1) is 0 Å². The van der Waals surface area contributed by atoms with Crippen LogP contribution in [0.3, 0.4) is 0 Å². The predicted octanol–water partition coefficient (Wildman–Crippen LogP) is 0.733. The van der Waals surface area contributed by atoms with Gasteiger partial charge in [0.15, 0.2) is 0 Å². The number of nitrogens with one attached hydrogen (secondary N) is 4. The molecule has 1 atom stereocenters. The van der Waals surface area contributed by atoms with E-state index >= 15 is 0 Å². The summed E-state index contributed by atoms with van der Waals surface area (Å²) in [6.45, 7) is 5.50. The fourth-order valence-electron chi connectivity index (χ4n) is 2.39. The van der Waals surface area contributed by atoms with Gasteiger partial charge in [-0.3, -0.25) is 4.79 Å². The normalized spacial score (nSPS) is 17.3. The van der Waals surface area contributed by atoms with Crippen molar-refractivity contribution in [1.82, 2.24) is 21.3 Å². The van der Waals surface area contributed by atoms with Crippen LogP contribution in [0.2, 0.25) is 0 Å². The first kappa shape index (κ1) is 16.8. The molecule has 0 aromatic rings. The Morgan fingerprint density at radius 1 is 1.15 bits per heavy atom. The third-order valence-corrected chi connectivity index (χ3v) is 3.51. The van der Waals surface area contributed by atoms with Gasteiger partial charge in [0.1, 0.15) is 0 Å². The Kier molecular flexibility index (Phi) is 8.02. The molecule has 0 radical (unpaired) electrons. The molecule has 116 valence electrons. The minimum Gasteiger partial charge on any atom is -0.353 e. The number of amides is 3. The zero-order valence-electron chi connectivity index (χ0n) is 12.6. The van der Waals surface area contributed by atoms with Gasteiger partial charge < -0.3 is 21.3 Å². The van der Waals surface area contributed by atoms with Gasteiger partial charge in [-0.05, 0) is 26.3 Å². The Bertz CT molecular complexity index is 304. The SMILES string of the molecule is CCN[C@H](C)CNC(=O)CNC(=O)NC1CCCCC1. The van der Waals surface area contributed by atoms with Crippen molar-refractivity contribution in [2.24, 2.45) is 0 Å². The van der Waals surface area contributed by atoms with Gasteiger partial charge in [0.25, 0.3) is 0 Å². The minimum absolute atomic E-state index is 0.0252.